The predicted molar refractivity (Wildman–Crippen MR) is 82.6 cm³/mol. The quantitative estimate of drug-likeness (QED) is 0.605. The van der Waals surface area contributed by atoms with Gasteiger partial charge in [-0.05, 0) is 36.3 Å². The highest BCUT2D eigenvalue weighted by molar-refractivity contribution is 9.25. The van der Waals surface area contributed by atoms with Crippen molar-refractivity contribution in [3.63, 3.8) is 0 Å². The summed E-state index contributed by atoms with van der Waals surface area (Å²) in [6.07, 6.45) is 0.598. The molecule has 0 radical (unpaired) electrons. The first kappa shape index (κ1) is 15.5. The molecular weight excluding hydrogens is 396 g/mol. The highest BCUT2D eigenvalue weighted by atomic mass is 79.9. The van der Waals surface area contributed by atoms with E-state index < -0.39 is 10.1 Å². The van der Waals surface area contributed by atoms with Gasteiger partial charge in [0.15, 0.2) is 0 Å². The van der Waals surface area contributed by atoms with Crippen molar-refractivity contribution in [2.75, 3.05) is 0 Å². The van der Waals surface area contributed by atoms with E-state index in [4.69, 9.17) is 0 Å². The molecule has 1 saturated carbocycles. The van der Waals surface area contributed by atoms with Gasteiger partial charge in [-0.3, -0.25) is 4.55 Å². The molecule has 0 amide bonds. The van der Waals surface area contributed by atoms with Gasteiger partial charge < -0.3 is 0 Å². The molecule has 3 nitrogen and oxygen atoms in total. The molecule has 1 unspecified atom stereocenters. The molecule has 0 heterocycles. The first-order valence-corrected chi connectivity index (χ1v) is 8.95. The van der Waals surface area contributed by atoms with Crippen LogP contribution in [0.5, 0.6) is 0 Å². The van der Waals surface area contributed by atoms with Crippen molar-refractivity contribution >= 4 is 42.0 Å². The molecule has 0 aliphatic heterocycles. The maximum absolute atomic E-state index is 11.4. The van der Waals surface area contributed by atoms with Crippen LogP contribution in [0.2, 0.25) is 0 Å². The van der Waals surface area contributed by atoms with E-state index in [1.807, 2.05) is 13.0 Å². The van der Waals surface area contributed by atoms with Crippen molar-refractivity contribution in [2.45, 2.75) is 35.3 Å². The molecule has 0 aromatic heterocycles. The molecule has 2 rings (SSSR count). The molecular formula is C13H16Br2O3S. The third-order valence-corrected chi connectivity index (χ3v) is 8.11. The molecule has 19 heavy (non-hydrogen) atoms. The van der Waals surface area contributed by atoms with Crippen molar-refractivity contribution < 1.29 is 13.0 Å². The van der Waals surface area contributed by atoms with Gasteiger partial charge in [0.1, 0.15) is 0 Å². The van der Waals surface area contributed by atoms with Crippen LogP contribution in [0.3, 0.4) is 0 Å². The van der Waals surface area contributed by atoms with Gasteiger partial charge in [-0.15, -0.1) is 0 Å². The summed E-state index contributed by atoms with van der Waals surface area (Å²) in [4.78, 5) is 0.0107. The number of aryl methyl sites for hydroxylation is 1. The summed E-state index contributed by atoms with van der Waals surface area (Å²) < 4.78 is 32.0. The van der Waals surface area contributed by atoms with Crippen molar-refractivity contribution in [3.05, 3.63) is 29.3 Å². The van der Waals surface area contributed by atoms with Crippen molar-refractivity contribution in [3.8, 4) is 0 Å². The van der Waals surface area contributed by atoms with E-state index in [9.17, 15) is 13.0 Å². The Morgan fingerprint density at radius 3 is 2.26 bits per heavy atom. The molecule has 1 aromatic carbocycles. The molecule has 1 aromatic rings. The van der Waals surface area contributed by atoms with Crippen LogP contribution in [0.15, 0.2) is 23.1 Å². The third kappa shape index (κ3) is 2.64. The third-order valence-electron chi connectivity index (χ3n) is 4.00. The predicted octanol–water partition coefficient (Wildman–Crippen LogP) is 3.93. The fourth-order valence-corrected chi connectivity index (χ4v) is 4.99. The summed E-state index contributed by atoms with van der Waals surface area (Å²) in [7, 11) is -4.17. The summed E-state index contributed by atoms with van der Waals surface area (Å²) in [5, 5.41) is 0. The minimum absolute atomic E-state index is 0.0107. The second-order valence-electron chi connectivity index (χ2n) is 5.69. The van der Waals surface area contributed by atoms with Gasteiger partial charge in [0.2, 0.25) is 0 Å². The minimum Gasteiger partial charge on any atom is -0.282 e. The Morgan fingerprint density at radius 1 is 1.32 bits per heavy atom. The first-order valence-electron chi connectivity index (χ1n) is 5.93. The largest absolute Gasteiger partial charge is 0.294 e. The zero-order valence-corrected chi connectivity index (χ0v) is 14.9. The Morgan fingerprint density at radius 2 is 1.84 bits per heavy atom. The van der Waals surface area contributed by atoms with E-state index in [0.717, 1.165) is 5.56 Å². The second-order valence-corrected chi connectivity index (χ2v) is 10.6. The lowest BCUT2D eigenvalue weighted by molar-refractivity contribution is 0.480. The number of hydrogen-bond donors (Lipinski definition) is 1. The lowest BCUT2D eigenvalue weighted by Crippen LogP contribution is -2.06. The van der Waals surface area contributed by atoms with Gasteiger partial charge in [-0.2, -0.15) is 8.42 Å². The summed E-state index contributed by atoms with van der Waals surface area (Å²) in [6.45, 7) is 6.14. The zero-order chi connectivity index (χ0) is 14.6. The molecule has 1 aliphatic carbocycles. The number of halogens is 2. The number of hydrogen-bond acceptors (Lipinski definition) is 2. The van der Waals surface area contributed by atoms with E-state index in [1.54, 1.807) is 6.07 Å². The lowest BCUT2D eigenvalue weighted by Gasteiger charge is -2.09. The highest BCUT2D eigenvalue weighted by Crippen LogP contribution is 2.71. The van der Waals surface area contributed by atoms with Crippen molar-refractivity contribution in [2.24, 2.45) is 11.3 Å². The monoisotopic (exact) mass is 410 g/mol. The molecule has 1 atom stereocenters. The van der Waals surface area contributed by atoms with Gasteiger partial charge in [-0.1, -0.05) is 63.4 Å². The van der Waals surface area contributed by atoms with Crippen LogP contribution < -0.4 is 0 Å². The Labute approximate surface area is 130 Å². The number of benzene rings is 1. The van der Waals surface area contributed by atoms with Crippen LogP contribution in [0.25, 0.3) is 0 Å². The summed E-state index contributed by atoms with van der Waals surface area (Å²) in [5.41, 5.74) is 1.68. The van der Waals surface area contributed by atoms with E-state index in [0.29, 0.717) is 12.0 Å². The smallest absolute Gasteiger partial charge is 0.282 e. The first-order chi connectivity index (χ1) is 8.48. The van der Waals surface area contributed by atoms with Gasteiger partial charge in [0, 0.05) is 0 Å². The van der Waals surface area contributed by atoms with Crippen LogP contribution >= 0.6 is 31.9 Å². The average molecular weight is 412 g/mol. The summed E-state index contributed by atoms with van der Waals surface area (Å²) >= 11 is 7.26. The van der Waals surface area contributed by atoms with Gasteiger partial charge in [0.05, 0.1) is 8.13 Å². The van der Waals surface area contributed by atoms with Crippen LogP contribution in [0, 0.1) is 18.3 Å². The fraction of sp³-hybridized carbons (Fsp3) is 0.538. The maximum atomic E-state index is 11.4. The van der Waals surface area contributed by atoms with Gasteiger partial charge in [-0.25, -0.2) is 0 Å². The van der Waals surface area contributed by atoms with Crippen molar-refractivity contribution in [1.29, 1.82) is 0 Å². The molecule has 0 spiro atoms. The summed E-state index contributed by atoms with van der Waals surface area (Å²) in [6, 6.07) is 4.99. The SMILES string of the molecule is Cc1ccc(S(=O)(=O)O)c(CC2C(C)(C)C2(Br)Br)c1. The molecule has 6 heteroatoms. The number of rotatable bonds is 3. The fourth-order valence-electron chi connectivity index (χ4n) is 2.48. The molecule has 0 saturated heterocycles. The molecule has 1 aliphatic rings. The van der Waals surface area contributed by atoms with Crippen LogP contribution in [0.4, 0.5) is 0 Å². The van der Waals surface area contributed by atoms with Crippen LogP contribution in [0.1, 0.15) is 25.0 Å². The Kier molecular flexibility index (Phi) is 3.70. The van der Waals surface area contributed by atoms with Gasteiger partial charge in [0.25, 0.3) is 10.1 Å². The normalized spacial score (nSPS) is 24.2. The Bertz CT molecular complexity index is 607. The molecule has 1 fully saturated rings. The topological polar surface area (TPSA) is 54.4 Å². The van der Waals surface area contributed by atoms with E-state index in [1.165, 1.54) is 6.07 Å². The summed E-state index contributed by atoms with van der Waals surface area (Å²) in [5.74, 6) is 0.266. The molecule has 0 bridgehead atoms. The number of alkyl halides is 2. The zero-order valence-electron chi connectivity index (χ0n) is 10.9. The van der Waals surface area contributed by atoms with Crippen LogP contribution in [-0.2, 0) is 16.5 Å². The van der Waals surface area contributed by atoms with Gasteiger partial charge >= 0.3 is 0 Å². The standard InChI is InChI=1S/C13H16Br2O3S/c1-8-4-5-10(19(16,17)18)9(6-8)7-11-12(2,3)13(11,14)15/h4-6,11H,7H2,1-3H3,(H,16,17,18). The molecule has 106 valence electrons. The van der Waals surface area contributed by atoms with E-state index in [2.05, 4.69) is 45.7 Å². The average Bonchev–Trinajstić information content (AvgIpc) is 2.59. The Hall–Kier alpha value is 0.0900. The molecule has 1 N–H and O–H groups in total. The maximum Gasteiger partial charge on any atom is 0.294 e. The van der Waals surface area contributed by atoms with Crippen molar-refractivity contribution in [1.82, 2.24) is 0 Å². The van der Waals surface area contributed by atoms with E-state index in [-0.39, 0.29) is 19.5 Å². The second kappa shape index (κ2) is 4.55. The van der Waals surface area contributed by atoms with Crippen LogP contribution in [-0.4, -0.2) is 16.2 Å². The Balaban J connectivity index is 2.39. The minimum atomic E-state index is -4.17. The highest BCUT2D eigenvalue weighted by Gasteiger charge is 2.68. The van der Waals surface area contributed by atoms with E-state index >= 15 is 0 Å². The lowest BCUT2D eigenvalue weighted by atomic mass is 10.0.